The lowest BCUT2D eigenvalue weighted by molar-refractivity contribution is 0.461. The Morgan fingerprint density at radius 3 is 2.38 bits per heavy atom. The zero-order valence-electron chi connectivity index (χ0n) is 12.9. The van der Waals surface area contributed by atoms with E-state index in [0.717, 1.165) is 0 Å². The molecule has 1 heterocycles. The number of sulfonamides is 1. The molecule has 0 atom stereocenters. The Morgan fingerprint density at radius 1 is 1.14 bits per heavy atom. The Bertz CT molecular complexity index is 526. The molecule has 0 unspecified atom stereocenters. The van der Waals surface area contributed by atoms with E-state index in [1.165, 1.54) is 38.5 Å². The maximum atomic E-state index is 12.2. The highest BCUT2D eigenvalue weighted by Crippen LogP contribution is 2.17. The number of hydrogen-bond donors (Lipinski definition) is 3. The van der Waals surface area contributed by atoms with Crippen molar-refractivity contribution in [3.63, 3.8) is 0 Å². The fourth-order valence-electron chi connectivity index (χ4n) is 2.95. The fraction of sp³-hybridized carbons (Fsp3) is 0.786. The van der Waals surface area contributed by atoms with Crippen LogP contribution in [0.2, 0.25) is 0 Å². The minimum atomic E-state index is -3.47. The van der Waals surface area contributed by atoms with Gasteiger partial charge in [0, 0.05) is 19.1 Å². The van der Waals surface area contributed by atoms with Crippen LogP contribution in [0.1, 0.15) is 49.9 Å². The minimum absolute atomic E-state index is 0.275. The van der Waals surface area contributed by atoms with Gasteiger partial charge >= 0.3 is 0 Å². The molecule has 0 radical (unpaired) electrons. The summed E-state index contributed by atoms with van der Waals surface area (Å²) in [7, 11) is -3.47. The lowest BCUT2D eigenvalue weighted by Gasteiger charge is -2.16. The summed E-state index contributed by atoms with van der Waals surface area (Å²) in [5, 5.41) is 10.1. The molecule has 0 aliphatic heterocycles. The van der Waals surface area contributed by atoms with Gasteiger partial charge in [0.15, 0.2) is 0 Å². The van der Waals surface area contributed by atoms with Gasteiger partial charge in [0.1, 0.15) is 4.90 Å². The predicted octanol–water partition coefficient (Wildman–Crippen LogP) is 1.62. The molecule has 3 N–H and O–H groups in total. The zero-order chi connectivity index (χ0) is 15.3. The number of aromatic nitrogens is 2. The number of rotatable bonds is 6. The molecule has 1 aromatic heterocycles. The van der Waals surface area contributed by atoms with Gasteiger partial charge in [-0.3, -0.25) is 5.10 Å². The third-order valence-electron chi connectivity index (χ3n) is 4.03. The first kappa shape index (κ1) is 16.5. The number of aromatic amines is 1. The Balaban J connectivity index is 1.80. The number of hydrogen-bond acceptors (Lipinski definition) is 4. The molecule has 0 spiro atoms. The summed E-state index contributed by atoms with van der Waals surface area (Å²) in [6.45, 7) is 4.49. The molecule has 0 bridgehead atoms. The smallest absolute Gasteiger partial charge is 0.244 e. The molecule has 1 aliphatic rings. The van der Waals surface area contributed by atoms with E-state index in [-0.39, 0.29) is 4.90 Å². The van der Waals surface area contributed by atoms with E-state index in [4.69, 9.17) is 0 Å². The molecule has 120 valence electrons. The fourth-order valence-corrected chi connectivity index (χ4v) is 4.35. The largest absolute Gasteiger partial charge is 0.313 e. The average molecular weight is 314 g/mol. The highest BCUT2D eigenvalue weighted by atomic mass is 32.2. The molecular weight excluding hydrogens is 288 g/mol. The summed E-state index contributed by atoms with van der Waals surface area (Å²) in [5.41, 5.74) is 1.09. The van der Waals surface area contributed by atoms with E-state index >= 15 is 0 Å². The molecule has 0 saturated heterocycles. The van der Waals surface area contributed by atoms with Crippen LogP contribution >= 0.6 is 0 Å². The van der Waals surface area contributed by atoms with Gasteiger partial charge in [-0.05, 0) is 26.7 Å². The maximum absolute atomic E-state index is 12.2. The van der Waals surface area contributed by atoms with Crippen LogP contribution in [0.5, 0.6) is 0 Å². The third kappa shape index (κ3) is 4.52. The van der Waals surface area contributed by atoms with Crippen LogP contribution in [0, 0.1) is 13.8 Å². The first-order valence-electron chi connectivity index (χ1n) is 7.75. The van der Waals surface area contributed by atoms with Gasteiger partial charge in [-0.1, -0.05) is 25.7 Å². The summed E-state index contributed by atoms with van der Waals surface area (Å²) in [6, 6.07) is 0.536. The Labute approximate surface area is 127 Å². The summed E-state index contributed by atoms with van der Waals surface area (Å²) in [6.07, 6.45) is 7.60. The van der Waals surface area contributed by atoms with Crippen molar-refractivity contribution in [3.8, 4) is 0 Å². The van der Waals surface area contributed by atoms with E-state index < -0.39 is 10.0 Å². The van der Waals surface area contributed by atoms with E-state index in [2.05, 4.69) is 20.2 Å². The lowest BCUT2D eigenvalue weighted by atomic mass is 10.1. The van der Waals surface area contributed by atoms with E-state index in [1.54, 1.807) is 13.8 Å². The van der Waals surface area contributed by atoms with Crippen LogP contribution in [0.3, 0.4) is 0 Å². The maximum Gasteiger partial charge on any atom is 0.244 e. The van der Waals surface area contributed by atoms with Crippen molar-refractivity contribution in [2.75, 3.05) is 13.1 Å². The van der Waals surface area contributed by atoms with Crippen LogP contribution in [0.4, 0.5) is 0 Å². The van der Waals surface area contributed by atoms with Gasteiger partial charge in [-0.25, -0.2) is 13.1 Å². The van der Waals surface area contributed by atoms with E-state index in [1.807, 2.05) is 0 Å². The molecule has 6 nitrogen and oxygen atoms in total. The van der Waals surface area contributed by atoms with Crippen molar-refractivity contribution in [2.24, 2.45) is 0 Å². The van der Waals surface area contributed by atoms with Crippen molar-refractivity contribution in [1.29, 1.82) is 0 Å². The van der Waals surface area contributed by atoms with Gasteiger partial charge in [0.2, 0.25) is 10.0 Å². The van der Waals surface area contributed by atoms with Crippen LogP contribution in [0.25, 0.3) is 0 Å². The van der Waals surface area contributed by atoms with Crippen LogP contribution in [0.15, 0.2) is 4.90 Å². The highest BCUT2D eigenvalue weighted by Gasteiger charge is 2.21. The van der Waals surface area contributed by atoms with Gasteiger partial charge in [-0.2, -0.15) is 5.10 Å². The lowest BCUT2D eigenvalue weighted by Crippen LogP contribution is -2.37. The van der Waals surface area contributed by atoms with Crippen molar-refractivity contribution in [2.45, 2.75) is 63.3 Å². The molecule has 1 saturated carbocycles. The Morgan fingerprint density at radius 2 is 1.81 bits per heavy atom. The SMILES string of the molecule is Cc1n[nH]c(C)c1S(=O)(=O)NCCNC1CCCCCC1. The second-order valence-corrected chi connectivity index (χ2v) is 7.51. The molecular formula is C14H26N4O2S. The quantitative estimate of drug-likeness (QED) is 0.550. The monoisotopic (exact) mass is 314 g/mol. The Kier molecular flexibility index (Phi) is 5.78. The zero-order valence-corrected chi connectivity index (χ0v) is 13.7. The highest BCUT2D eigenvalue weighted by molar-refractivity contribution is 7.89. The summed E-state index contributed by atoms with van der Waals surface area (Å²) in [4.78, 5) is 0.275. The second kappa shape index (κ2) is 7.38. The normalized spacial score (nSPS) is 17.8. The van der Waals surface area contributed by atoms with Crippen LogP contribution in [-0.4, -0.2) is 37.7 Å². The van der Waals surface area contributed by atoms with Gasteiger partial charge < -0.3 is 5.32 Å². The van der Waals surface area contributed by atoms with Crippen molar-refractivity contribution >= 4 is 10.0 Å². The first-order chi connectivity index (χ1) is 10.0. The molecule has 1 aromatic rings. The molecule has 0 amide bonds. The van der Waals surface area contributed by atoms with Crippen molar-refractivity contribution in [1.82, 2.24) is 20.2 Å². The number of nitrogens with zero attached hydrogens (tertiary/aromatic N) is 1. The van der Waals surface area contributed by atoms with Crippen LogP contribution < -0.4 is 10.0 Å². The van der Waals surface area contributed by atoms with Crippen LogP contribution in [-0.2, 0) is 10.0 Å². The summed E-state index contributed by atoms with van der Waals surface area (Å²) < 4.78 is 27.1. The van der Waals surface area contributed by atoms with Crippen molar-refractivity contribution in [3.05, 3.63) is 11.4 Å². The molecule has 1 aliphatic carbocycles. The average Bonchev–Trinajstić information content (AvgIpc) is 2.66. The predicted molar refractivity (Wildman–Crippen MR) is 82.7 cm³/mol. The van der Waals surface area contributed by atoms with Gasteiger partial charge in [-0.15, -0.1) is 0 Å². The summed E-state index contributed by atoms with van der Waals surface area (Å²) >= 11 is 0. The number of nitrogens with one attached hydrogen (secondary N) is 3. The molecule has 7 heteroatoms. The molecule has 2 rings (SSSR count). The van der Waals surface area contributed by atoms with Crippen molar-refractivity contribution < 1.29 is 8.42 Å². The number of H-pyrrole nitrogens is 1. The second-order valence-electron chi connectivity index (χ2n) is 5.80. The van der Waals surface area contributed by atoms with E-state index in [0.29, 0.717) is 30.5 Å². The van der Waals surface area contributed by atoms with Gasteiger partial charge in [0.25, 0.3) is 0 Å². The van der Waals surface area contributed by atoms with E-state index in [9.17, 15) is 8.42 Å². The molecule has 0 aromatic carbocycles. The molecule has 21 heavy (non-hydrogen) atoms. The first-order valence-corrected chi connectivity index (χ1v) is 9.23. The topological polar surface area (TPSA) is 86.9 Å². The number of aryl methyl sites for hydroxylation is 2. The Hall–Kier alpha value is -0.920. The third-order valence-corrected chi connectivity index (χ3v) is 5.76. The summed E-state index contributed by atoms with van der Waals surface area (Å²) in [5.74, 6) is 0. The minimum Gasteiger partial charge on any atom is -0.313 e. The standard InChI is InChI=1S/C14H26N4O2S/c1-11-14(12(2)18-17-11)21(19,20)16-10-9-15-13-7-5-3-4-6-8-13/h13,15-16H,3-10H2,1-2H3,(H,17,18). The molecule has 1 fully saturated rings. The van der Waals surface area contributed by atoms with Gasteiger partial charge in [0.05, 0.1) is 11.4 Å².